The Labute approximate surface area is 174 Å². The molecule has 30 heavy (non-hydrogen) atoms. The topological polar surface area (TPSA) is 67.9 Å². The Kier molecular flexibility index (Phi) is 5.44. The molecule has 5 heteroatoms. The normalized spacial score (nSPS) is 11.5. The van der Waals surface area contributed by atoms with Crippen molar-refractivity contribution < 1.29 is 4.92 Å². The molecule has 146 valence electrons. The summed E-state index contributed by atoms with van der Waals surface area (Å²) in [6.07, 6.45) is 0. The predicted octanol–water partition coefficient (Wildman–Crippen LogP) is 6.67. The SMILES string of the molecule is O=[N+]([O-])c1cccc(N=NC(c2ccccc2)(c2ccccc2)c2ccccc2)c1. The second kappa shape index (κ2) is 8.49. The molecule has 0 bridgehead atoms. The summed E-state index contributed by atoms with van der Waals surface area (Å²) in [6.45, 7) is 0. The molecule has 0 amide bonds. The van der Waals surface area contributed by atoms with E-state index in [2.05, 4.69) is 5.11 Å². The van der Waals surface area contributed by atoms with E-state index in [-0.39, 0.29) is 5.69 Å². The van der Waals surface area contributed by atoms with Gasteiger partial charge in [0, 0.05) is 12.1 Å². The van der Waals surface area contributed by atoms with Crippen molar-refractivity contribution in [2.45, 2.75) is 5.54 Å². The van der Waals surface area contributed by atoms with Crippen molar-refractivity contribution >= 4 is 11.4 Å². The lowest BCUT2D eigenvalue weighted by atomic mass is 9.78. The zero-order valence-corrected chi connectivity index (χ0v) is 16.1. The minimum atomic E-state index is -0.894. The first kappa shape index (κ1) is 19.2. The van der Waals surface area contributed by atoms with Gasteiger partial charge in [-0.2, -0.15) is 10.2 Å². The highest BCUT2D eigenvalue weighted by molar-refractivity contribution is 5.51. The summed E-state index contributed by atoms with van der Waals surface area (Å²) in [5.74, 6) is 0. The molecule has 5 nitrogen and oxygen atoms in total. The van der Waals surface area contributed by atoms with Gasteiger partial charge in [0.25, 0.3) is 5.69 Å². The molecule has 0 aromatic heterocycles. The van der Waals surface area contributed by atoms with Gasteiger partial charge in [-0.05, 0) is 22.8 Å². The molecule has 0 aliphatic rings. The summed E-state index contributed by atoms with van der Waals surface area (Å²) in [6, 6.07) is 36.0. The minimum absolute atomic E-state index is 0.0174. The maximum absolute atomic E-state index is 11.2. The molecular formula is C25H19N3O2. The molecule has 0 spiro atoms. The van der Waals surface area contributed by atoms with Crippen LogP contribution in [0, 0.1) is 10.1 Å². The fourth-order valence-electron chi connectivity index (χ4n) is 3.51. The van der Waals surface area contributed by atoms with Gasteiger partial charge >= 0.3 is 0 Å². The molecule has 0 saturated heterocycles. The van der Waals surface area contributed by atoms with Crippen LogP contribution in [0.4, 0.5) is 11.4 Å². The molecule has 0 saturated carbocycles. The van der Waals surface area contributed by atoms with Gasteiger partial charge in [-0.1, -0.05) is 97.1 Å². The first-order valence-corrected chi connectivity index (χ1v) is 9.54. The largest absolute Gasteiger partial charge is 0.271 e. The van der Waals surface area contributed by atoms with Crippen molar-refractivity contribution in [3.05, 3.63) is 142 Å². The van der Waals surface area contributed by atoms with Crippen LogP contribution in [0.5, 0.6) is 0 Å². The smallest absolute Gasteiger partial charge is 0.258 e. The summed E-state index contributed by atoms with van der Waals surface area (Å²) < 4.78 is 0. The number of non-ortho nitro benzene ring substituents is 1. The third-order valence-corrected chi connectivity index (χ3v) is 4.93. The van der Waals surface area contributed by atoms with Gasteiger partial charge in [-0.25, -0.2) is 0 Å². The lowest BCUT2D eigenvalue weighted by Gasteiger charge is -2.30. The van der Waals surface area contributed by atoms with Crippen molar-refractivity contribution in [1.29, 1.82) is 0 Å². The number of hydrogen-bond acceptors (Lipinski definition) is 4. The molecule has 0 unspecified atom stereocenters. The summed E-state index contributed by atoms with van der Waals surface area (Å²) in [7, 11) is 0. The van der Waals surface area contributed by atoms with Crippen LogP contribution in [0.15, 0.2) is 125 Å². The Morgan fingerprint density at radius 3 is 1.53 bits per heavy atom. The Bertz CT molecular complexity index is 1060. The second-order valence-electron chi connectivity index (χ2n) is 6.79. The van der Waals surface area contributed by atoms with Crippen LogP contribution in [0.3, 0.4) is 0 Å². The van der Waals surface area contributed by atoms with E-state index in [0.717, 1.165) is 16.7 Å². The van der Waals surface area contributed by atoms with Gasteiger partial charge < -0.3 is 0 Å². The predicted molar refractivity (Wildman–Crippen MR) is 117 cm³/mol. The van der Waals surface area contributed by atoms with Gasteiger partial charge in [0.05, 0.1) is 10.6 Å². The van der Waals surface area contributed by atoms with Crippen molar-refractivity contribution in [3.63, 3.8) is 0 Å². The molecule has 4 aromatic rings. The summed E-state index contributed by atoms with van der Waals surface area (Å²) >= 11 is 0. The molecule has 4 aromatic carbocycles. The maximum Gasteiger partial charge on any atom is 0.271 e. The Morgan fingerprint density at radius 2 is 1.10 bits per heavy atom. The number of nitro benzene ring substituents is 1. The standard InChI is InChI=1S/C25H19N3O2/c29-28(30)24-18-10-17-23(19-24)26-27-25(20-11-4-1-5-12-20,21-13-6-2-7-14-21)22-15-8-3-9-16-22/h1-19H. The van der Waals surface area contributed by atoms with Crippen LogP contribution in [-0.2, 0) is 5.54 Å². The van der Waals surface area contributed by atoms with Crippen molar-refractivity contribution in [2.24, 2.45) is 10.2 Å². The van der Waals surface area contributed by atoms with Gasteiger partial charge in [0.2, 0.25) is 0 Å². The number of nitro groups is 1. The van der Waals surface area contributed by atoms with Crippen LogP contribution in [0.2, 0.25) is 0 Å². The molecule has 0 heterocycles. The highest BCUT2D eigenvalue weighted by Gasteiger charge is 2.36. The Hall–Kier alpha value is -4.12. The molecule has 0 atom stereocenters. The Morgan fingerprint density at radius 1 is 0.633 bits per heavy atom. The number of azo groups is 1. The first-order valence-electron chi connectivity index (χ1n) is 9.54. The van der Waals surface area contributed by atoms with E-state index in [1.807, 2.05) is 91.0 Å². The molecule has 0 radical (unpaired) electrons. The van der Waals surface area contributed by atoms with E-state index in [1.54, 1.807) is 12.1 Å². The molecular weight excluding hydrogens is 374 g/mol. The second-order valence-corrected chi connectivity index (χ2v) is 6.79. The average Bonchev–Trinajstić information content (AvgIpc) is 2.82. The molecule has 0 aliphatic carbocycles. The fraction of sp³-hybridized carbons (Fsp3) is 0.0400. The highest BCUT2D eigenvalue weighted by Crippen LogP contribution is 2.41. The number of benzene rings is 4. The van der Waals surface area contributed by atoms with Crippen LogP contribution in [0.25, 0.3) is 0 Å². The van der Waals surface area contributed by atoms with E-state index >= 15 is 0 Å². The third-order valence-electron chi connectivity index (χ3n) is 4.93. The van der Waals surface area contributed by atoms with E-state index in [0.29, 0.717) is 5.69 Å². The van der Waals surface area contributed by atoms with E-state index in [9.17, 15) is 10.1 Å². The number of rotatable bonds is 6. The number of nitrogens with zero attached hydrogens (tertiary/aromatic N) is 3. The monoisotopic (exact) mass is 393 g/mol. The van der Waals surface area contributed by atoms with Gasteiger partial charge in [0.1, 0.15) is 0 Å². The van der Waals surface area contributed by atoms with Crippen molar-refractivity contribution in [1.82, 2.24) is 0 Å². The first-order chi connectivity index (χ1) is 14.7. The fourth-order valence-corrected chi connectivity index (χ4v) is 3.51. The van der Waals surface area contributed by atoms with Gasteiger partial charge in [-0.15, -0.1) is 0 Å². The third kappa shape index (κ3) is 3.73. The quantitative estimate of drug-likeness (QED) is 0.159. The summed E-state index contributed by atoms with van der Waals surface area (Å²) in [4.78, 5) is 10.7. The maximum atomic E-state index is 11.2. The Balaban J connectivity index is 1.96. The molecule has 0 aliphatic heterocycles. The van der Waals surface area contributed by atoms with Crippen LogP contribution in [-0.4, -0.2) is 4.92 Å². The van der Waals surface area contributed by atoms with Crippen molar-refractivity contribution in [2.75, 3.05) is 0 Å². The lowest BCUT2D eigenvalue weighted by molar-refractivity contribution is -0.384. The summed E-state index contributed by atoms with van der Waals surface area (Å²) in [5.41, 5.74) is 2.38. The van der Waals surface area contributed by atoms with Gasteiger partial charge in [-0.3, -0.25) is 10.1 Å². The zero-order chi connectivity index (χ0) is 20.8. The van der Waals surface area contributed by atoms with Crippen molar-refractivity contribution in [3.8, 4) is 0 Å². The van der Waals surface area contributed by atoms with E-state index < -0.39 is 10.5 Å². The molecule has 0 fully saturated rings. The van der Waals surface area contributed by atoms with E-state index in [4.69, 9.17) is 5.11 Å². The lowest BCUT2D eigenvalue weighted by Crippen LogP contribution is -2.26. The van der Waals surface area contributed by atoms with Crippen LogP contribution < -0.4 is 0 Å². The van der Waals surface area contributed by atoms with E-state index in [1.165, 1.54) is 12.1 Å². The molecule has 0 N–H and O–H groups in total. The highest BCUT2D eigenvalue weighted by atomic mass is 16.6. The average molecular weight is 393 g/mol. The van der Waals surface area contributed by atoms with Gasteiger partial charge in [0.15, 0.2) is 5.54 Å². The van der Waals surface area contributed by atoms with Crippen LogP contribution >= 0.6 is 0 Å². The zero-order valence-electron chi connectivity index (χ0n) is 16.1. The van der Waals surface area contributed by atoms with Crippen LogP contribution in [0.1, 0.15) is 16.7 Å². The minimum Gasteiger partial charge on any atom is -0.258 e. The molecule has 4 rings (SSSR count). The summed E-state index contributed by atoms with van der Waals surface area (Å²) in [5, 5.41) is 20.5. The number of hydrogen-bond donors (Lipinski definition) is 0.